The van der Waals surface area contributed by atoms with Gasteiger partial charge in [0, 0.05) is 11.4 Å². The summed E-state index contributed by atoms with van der Waals surface area (Å²) in [5, 5.41) is 3.73. The molecule has 1 N–H and O–H groups in total. The van der Waals surface area contributed by atoms with E-state index in [2.05, 4.69) is 159 Å². The van der Waals surface area contributed by atoms with Gasteiger partial charge in [-0.15, -0.1) is 0 Å². The Labute approximate surface area is 228 Å². The van der Waals surface area contributed by atoms with Crippen molar-refractivity contribution >= 4 is 11.4 Å². The third-order valence-corrected chi connectivity index (χ3v) is 7.70. The largest absolute Gasteiger partial charge is 0.355 e. The minimum Gasteiger partial charge on any atom is -0.355 e. The first-order valence-electron chi connectivity index (χ1n) is 13.9. The number of para-hydroxylation sites is 1. The van der Waals surface area contributed by atoms with Crippen LogP contribution in [-0.2, 0) is 5.41 Å². The van der Waals surface area contributed by atoms with E-state index >= 15 is 0 Å². The molecular weight excluding hydrogens is 458 g/mol. The number of anilines is 2. The molecule has 0 saturated carbocycles. The highest BCUT2D eigenvalue weighted by molar-refractivity contribution is 5.66. The molecule has 0 aromatic heterocycles. The summed E-state index contributed by atoms with van der Waals surface area (Å²) in [5.41, 5.74) is 8.29. The Balaban J connectivity index is 1.58. The second-order valence-electron chi connectivity index (χ2n) is 10.2. The van der Waals surface area contributed by atoms with E-state index in [4.69, 9.17) is 0 Å². The number of unbranched alkanes of at least 4 members (excludes halogenated alkanes) is 1. The van der Waals surface area contributed by atoms with E-state index in [0.29, 0.717) is 5.92 Å². The third kappa shape index (κ3) is 5.15. The molecule has 0 amide bonds. The quantitative estimate of drug-likeness (QED) is 0.190. The first-order chi connectivity index (χ1) is 18.7. The van der Waals surface area contributed by atoms with Crippen LogP contribution in [0.15, 0.2) is 140 Å². The van der Waals surface area contributed by atoms with Crippen molar-refractivity contribution in [3.8, 4) is 0 Å². The van der Waals surface area contributed by atoms with Crippen LogP contribution in [0, 0.1) is 0 Å². The van der Waals surface area contributed by atoms with Crippen molar-refractivity contribution in [2.24, 2.45) is 0 Å². The SMILES string of the molecule is CCCCC(C)c1ccccc1Nc1ccc(C(c2ccccc2)(c2ccccc2)c2ccccc2)cc1. The van der Waals surface area contributed by atoms with Crippen molar-refractivity contribution < 1.29 is 0 Å². The van der Waals surface area contributed by atoms with Crippen LogP contribution in [-0.4, -0.2) is 0 Å². The molecule has 0 spiro atoms. The van der Waals surface area contributed by atoms with Gasteiger partial charge in [-0.25, -0.2) is 0 Å². The molecule has 0 heterocycles. The molecule has 0 radical (unpaired) electrons. The predicted molar refractivity (Wildman–Crippen MR) is 162 cm³/mol. The molecule has 5 rings (SSSR count). The molecule has 0 aliphatic rings. The Kier molecular flexibility index (Phi) is 8.04. The van der Waals surface area contributed by atoms with Crippen LogP contribution in [0.2, 0.25) is 0 Å². The summed E-state index contributed by atoms with van der Waals surface area (Å²) in [6.07, 6.45) is 3.69. The minimum absolute atomic E-state index is 0.422. The van der Waals surface area contributed by atoms with E-state index in [1.54, 1.807) is 0 Å². The third-order valence-electron chi connectivity index (χ3n) is 7.70. The van der Waals surface area contributed by atoms with Crippen LogP contribution in [0.25, 0.3) is 0 Å². The molecule has 5 aromatic rings. The molecule has 0 aliphatic carbocycles. The van der Waals surface area contributed by atoms with Crippen LogP contribution >= 0.6 is 0 Å². The van der Waals surface area contributed by atoms with Gasteiger partial charge in [0.05, 0.1) is 5.41 Å². The molecule has 1 nitrogen and oxygen atoms in total. The van der Waals surface area contributed by atoms with Gasteiger partial charge in [-0.05, 0) is 58.4 Å². The lowest BCUT2D eigenvalue weighted by Gasteiger charge is -2.37. The van der Waals surface area contributed by atoms with Gasteiger partial charge in [-0.2, -0.15) is 0 Å². The molecule has 1 unspecified atom stereocenters. The zero-order chi connectivity index (χ0) is 26.2. The van der Waals surface area contributed by atoms with E-state index in [9.17, 15) is 0 Å². The van der Waals surface area contributed by atoms with Crippen molar-refractivity contribution in [2.75, 3.05) is 5.32 Å². The van der Waals surface area contributed by atoms with Crippen molar-refractivity contribution in [3.63, 3.8) is 0 Å². The van der Waals surface area contributed by atoms with Gasteiger partial charge < -0.3 is 5.32 Å². The molecular formula is C37H37N. The summed E-state index contributed by atoms with van der Waals surface area (Å²) in [4.78, 5) is 0. The summed E-state index contributed by atoms with van der Waals surface area (Å²) in [7, 11) is 0. The highest BCUT2D eigenvalue weighted by Crippen LogP contribution is 2.45. The Morgan fingerprint density at radius 3 is 1.50 bits per heavy atom. The average Bonchev–Trinajstić information content (AvgIpc) is 2.99. The fourth-order valence-corrected chi connectivity index (χ4v) is 5.73. The Bertz CT molecular complexity index is 1310. The summed E-state index contributed by atoms with van der Waals surface area (Å²) in [6.45, 7) is 4.60. The van der Waals surface area contributed by atoms with Crippen molar-refractivity contribution in [1.29, 1.82) is 0 Å². The molecule has 0 aliphatic heterocycles. The zero-order valence-corrected chi connectivity index (χ0v) is 22.5. The smallest absolute Gasteiger partial charge is 0.0701 e. The summed E-state index contributed by atoms with van der Waals surface area (Å²) < 4.78 is 0. The first kappa shape index (κ1) is 25.5. The van der Waals surface area contributed by atoms with Gasteiger partial charge in [0.1, 0.15) is 0 Å². The molecule has 1 heteroatoms. The first-order valence-corrected chi connectivity index (χ1v) is 13.9. The zero-order valence-electron chi connectivity index (χ0n) is 22.5. The monoisotopic (exact) mass is 495 g/mol. The Morgan fingerprint density at radius 2 is 1.00 bits per heavy atom. The second kappa shape index (κ2) is 12.0. The topological polar surface area (TPSA) is 12.0 Å². The van der Waals surface area contributed by atoms with Crippen LogP contribution in [0.3, 0.4) is 0 Å². The number of rotatable bonds is 10. The van der Waals surface area contributed by atoms with Crippen LogP contribution in [0.1, 0.15) is 66.8 Å². The van der Waals surface area contributed by atoms with Crippen molar-refractivity contribution in [1.82, 2.24) is 0 Å². The minimum atomic E-state index is -0.422. The highest BCUT2D eigenvalue weighted by atomic mass is 14.9. The molecule has 5 aromatic carbocycles. The van der Waals surface area contributed by atoms with Gasteiger partial charge in [0.25, 0.3) is 0 Å². The summed E-state index contributed by atoms with van der Waals surface area (Å²) in [5.74, 6) is 0.528. The van der Waals surface area contributed by atoms with E-state index in [1.165, 1.54) is 52.8 Å². The standard InChI is InChI=1S/C37H37N/c1-3-4-16-29(2)35-23-14-15-24-36(35)38-34-27-25-33(26-28-34)37(30-17-8-5-9-18-30,31-19-10-6-11-20-31)32-21-12-7-13-22-32/h5-15,17-29,38H,3-4,16H2,1-2H3. The van der Waals surface area contributed by atoms with Gasteiger partial charge >= 0.3 is 0 Å². The normalized spacial score (nSPS) is 12.2. The fraction of sp³-hybridized carbons (Fsp3) is 0.189. The van der Waals surface area contributed by atoms with Gasteiger partial charge in [-0.1, -0.05) is 148 Å². The maximum Gasteiger partial charge on any atom is 0.0701 e. The lowest BCUT2D eigenvalue weighted by molar-refractivity contribution is 0.625. The lowest BCUT2D eigenvalue weighted by atomic mass is 9.65. The van der Waals surface area contributed by atoms with E-state index in [0.717, 1.165) is 5.69 Å². The predicted octanol–water partition coefficient (Wildman–Crippen LogP) is 10.1. The number of nitrogens with one attached hydrogen (secondary N) is 1. The molecule has 0 bridgehead atoms. The fourth-order valence-electron chi connectivity index (χ4n) is 5.73. The Hall–Kier alpha value is -4.10. The Morgan fingerprint density at radius 1 is 0.553 bits per heavy atom. The average molecular weight is 496 g/mol. The second-order valence-corrected chi connectivity index (χ2v) is 10.2. The van der Waals surface area contributed by atoms with Gasteiger partial charge in [0.15, 0.2) is 0 Å². The van der Waals surface area contributed by atoms with Crippen molar-refractivity contribution in [3.05, 3.63) is 167 Å². The molecule has 0 fully saturated rings. The van der Waals surface area contributed by atoms with Crippen LogP contribution < -0.4 is 5.32 Å². The lowest BCUT2D eigenvalue weighted by Crippen LogP contribution is -2.30. The van der Waals surface area contributed by atoms with Gasteiger partial charge in [-0.3, -0.25) is 0 Å². The van der Waals surface area contributed by atoms with Crippen molar-refractivity contribution in [2.45, 2.75) is 44.4 Å². The molecule has 190 valence electrons. The summed E-state index contributed by atoms with van der Waals surface area (Å²) >= 11 is 0. The van der Waals surface area contributed by atoms with Gasteiger partial charge in [0.2, 0.25) is 0 Å². The van der Waals surface area contributed by atoms with Crippen LogP contribution in [0.4, 0.5) is 11.4 Å². The molecule has 1 atom stereocenters. The van der Waals surface area contributed by atoms with E-state index in [-0.39, 0.29) is 0 Å². The molecule has 38 heavy (non-hydrogen) atoms. The van der Waals surface area contributed by atoms with Crippen LogP contribution in [0.5, 0.6) is 0 Å². The van der Waals surface area contributed by atoms with E-state index in [1.807, 2.05) is 0 Å². The van der Waals surface area contributed by atoms with E-state index < -0.39 is 5.41 Å². The maximum atomic E-state index is 3.73. The number of hydrogen-bond donors (Lipinski definition) is 1. The number of hydrogen-bond acceptors (Lipinski definition) is 1. The maximum absolute atomic E-state index is 3.73. The highest BCUT2D eigenvalue weighted by Gasteiger charge is 2.38. The summed E-state index contributed by atoms with van der Waals surface area (Å²) in [6, 6.07) is 50.4. The molecule has 0 saturated heterocycles. The number of benzene rings is 5.